The lowest BCUT2D eigenvalue weighted by atomic mass is 10.0. The molecule has 1 saturated heterocycles. The molecule has 0 bridgehead atoms. The van der Waals surface area contributed by atoms with E-state index >= 15 is 0 Å². The highest BCUT2D eigenvalue weighted by atomic mass is 32.2. The van der Waals surface area contributed by atoms with Crippen LogP contribution in [0.4, 0.5) is 4.39 Å². The van der Waals surface area contributed by atoms with Gasteiger partial charge in [0.2, 0.25) is 0 Å². The molecule has 0 radical (unpaired) electrons. The zero-order valence-corrected chi connectivity index (χ0v) is 12.2. The normalized spacial score (nSPS) is 21.3. The van der Waals surface area contributed by atoms with Crippen LogP contribution in [0, 0.1) is 5.82 Å². The van der Waals surface area contributed by atoms with Gasteiger partial charge in [0.25, 0.3) is 0 Å². The van der Waals surface area contributed by atoms with E-state index in [4.69, 9.17) is 4.74 Å². The molecule has 0 aliphatic carbocycles. The third-order valence-electron chi connectivity index (χ3n) is 3.29. The second kappa shape index (κ2) is 7.88. The Hall–Kier alpha value is -0.580. The first kappa shape index (κ1) is 14.8. The van der Waals surface area contributed by atoms with Crippen molar-refractivity contribution >= 4 is 11.8 Å². The highest BCUT2D eigenvalue weighted by Gasteiger charge is 2.24. The van der Waals surface area contributed by atoms with Crippen molar-refractivity contribution in [2.45, 2.75) is 31.9 Å². The smallest absolute Gasteiger partial charge is 0.123 e. The third-order valence-corrected chi connectivity index (χ3v) is 4.31. The standard InChI is InChI=1S/C15H22FNOS/c1-2-6-17-14(15-11-19-8-7-18-15)10-12-4-3-5-13(16)9-12/h3-5,9,14-15,17H,2,6-8,10-11H2,1H3. The SMILES string of the molecule is CCCNC(Cc1cccc(F)c1)C1CSCCO1. The van der Waals surface area contributed by atoms with Gasteiger partial charge in [-0.2, -0.15) is 11.8 Å². The number of hydrogen-bond donors (Lipinski definition) is 1. The highest BCUT2D eigenvalue weighted by molar-refractivity contribution is 7.99. The first-order chi connectivity index (χ1) is 9.29. The molecule has 1 N–H and O–H groups in total. The van der Waals surface area contributed by atoms with Crippen molar-refractivity contribution in [2.75, 3.05) is 24.7 Å². The molecular weight excluding hydrogens is 261 g/mol. The van der Waals surface area contributed by atoms with Gasteiger partial charge in [0, 0.05) is 17.5 Å². The van der Waals surface area contributed by atoms with E-state index in [-0.39, 0.29) is 18.0 Å². The van der Waals surface area contributed by atoms with Crippen molar-refractivity contribution in [2.24, 2.45) is 0 Å². The van der Waals surface area contributed by atoms with Crippen molar-refractivity contribution in [3.05, 3.63) is 35.6 Å². The number of ether oxygens (including phenoxy) is 1. The van der Waals surface area contributed by atoms with Crippen molar-refractivity contribution in [1.29, 1.82) is 0 Å². The van der Waals surface area contributed by atoms with Crippen molar-refractivity contribution < 1.29 is 9.13 Å². The van der Waals surface area contributed by atoms with Gasteiger partial charge < -0.3 is 10.1 Å². The molecule has 2 atom stereocenters. The van der Waals surface area contributed by atoms with Gasteiger partial charge in [0.1, 0.15) is 5.82 Å². The number of nitrogens with one attached hydrogen (secondary N) is 1. The molecule has 106 valence electrons. The Bertz CT molecular complexity index is 382. The minimum absolute atomic E-state index is 0.161. The first-order valence-electron chi connectivity index (χ1n) is 6.96. The van der Waals surface area contributed by atoms with Crippen molar-refractivity contribution in [1.82, 2.24) is 5.32 Å². The largest absolute Gasteiger partial charge is 0.375 e. The molecule has 2 unspecified atom stereocenters. The molecule has 1 aliphatic heterocycles. The average Bonchev–Trinajstić information content (AvgIpc) is 2.44. The van der Waals surface area contributed by atoms with Crippen molar-refractivity contribution in [3.63, 3.8) is 0 Å². The molecular formula is C15H22FNOS. The summed E-state index contributed by atoms with van der Waals surface area (Å²) in [6.07, 6.45) is 2.15. The summed E-state index contributed by atoms with van der Waals surface area (Å²) in [6, 6.07) is 7.15. The number of hydrogen-bond acceptors (Lipinski definition) is 3. The number of rotatable bonds is 6. The van der Waals surface area contributed by atoms with E-state index in [0.717, 1.165) is 43.1 Å². The summed E-state index contributed by atoms with van der Waals surface area (Å²) in [6.45, 7) is 3.95. The van der Waals surface area contributed by atoms with E-state index < -0.39 is 0 Å². The summed E-state index contributed by atoms with van der Waals surface area (Å²) >= 11 is 1.94. The average molecular weight is 283 g/mol. The predicted molar refractivity (Wildman–Crippen MR) is 79.3 cm³/mol. The molecule has 19 heavy (non-hydrogen) atoms. The monoisotopic (exact) mass is 283 g/mol. The second-order valence-electron chi connectivity index (χ2n) is 4.88. The molecule has 4 heteroatoms. The Morgan fingerprint density at radius 3 is 3.11 bits per heavy atom. The maximum Gasteiger partial charge on any atom is 0.123 e. The van der Waals surface area contributed by atoms with E-state index in [0.29, 0.717) is 0 Å². The van der Waals surface area contributed by atoms with Gasteiger partial charge in [-0.05, 0) is 37.1 Å². The lowest BCUT2D eigenvalue weighted by Gasteiger charge is -2.31. The van der Waals surface area contributed by atoms with E-state index in [1.54, 1.807) is 12.1 Å². The fraction of sp³-hybridized carbons (Fsp3) is 0.600. The molecule has 1 heterocycles. The Morgan fingerprint density at radius 1 is 1.53 bits per heavy atom. The van der Waals surface area contributed by atoms with Gasteiger partial charge in [-0.15, -0.1) is 0 Å². The third kappa shape index (κ3) is 4.79. The van der Waals surface area contributed by atoms with E-state index in [1.807, 2.05) is 17.8 Å². The molecule has 1 fully saturated rings. The number of halogens is 1. The predicted octanol–water partition coefficient (Wildman–Crippen LogP) is 2.87. The van der Waals surface area contributed by atoms with Gasteiger partial charge in [-0.1, -0.05) is 19.1 Å². The Labute approximate surface area is 119 Å². The maximum absolute atomic E-state index is 13.3. The summed E-state index contributed by atoms with van der Waals surface area (Å²) in [7, 11) is 0. The van der Waals surface area contributed by atoms with Crippen LogP contribution in [0.2, 0.25) is 0 Å². The fourth-order valence-electron chi connectivity index (χ4n) is 2.32. The minimum atomic E-state index is -0.161. The van der Waals surface area contributed by atoms with E-state index in [2.05, 4.69) is 12.2 Å². The van der Waals surface area contributed by atoms with Crippen LogP contribution in [0.5, 0.6) is 0 Å². The zero-order chi connectivity index (χ0) is 13.5. The topological polar surface area (TPSA) is 21.3 Å². The minimum Gasteiger partial charge on any atom is -0.375 e. The molecule has 2 nitrogen and oxygen atoms in total. The van der Waals surface area contributed by atoms with Crippen LogP contribution in [-0.2, 0) is 11.2 Å². The van der Waals surface area contributed by atoms with E-state index in [1.165, 1.54) is 6.07 Å². The molecule has 0 spiro atoms. The zero-order valence-electron chi connectivity index (χ0n) is 11.4. The van der Waals surface area contributed by atoms with Crippen LogP contribution < -0.4 is 5.32 Å². The van der Waals surface area contributed by atoms with Crippen LogP contribution >= 0.6 is 11.8 Å². The quantitative estimate of drug-likeness (QED) is 0.867. The van der Waals surface area contributed by atoms with Crippen LogP contribution in [0.15, 0.2) is 24.3 Å². The summed E-state index contributed by atoms with van der Waals surface area (Å²) in [5.41, 5.74) is 1.03. The van der Waals surface area contributed by atoms with Crippen LogP contribution in [0.1, 0.15) is 18.9 Å². The number of benzene rings is 1. The van der Waals surface area contributed by atoms with Gasteiger partial charge in [-0.25, -0.2) is 4.39 Å². The second-order valence-corrected chi connectivity index (χ2v) is 6.03. The lowest BCUT2D eigenvalue weighted by Crippen LogP contribution is -2.46. The first-order valence-corrected chi connectivity index (χ1v) is 8.12. The molecule has 0 amide bonds. The Balaban J connectivity index is 1.99. The summed E-state index contributed by atoms with van der Waals surface area (Å²) < 4.78 is 19.1. The van der Waals surface area contributed by atoms with E-state index in [9.17, 15) is 4.39 Å². The van der Waals surface area contributed by atoms with Crippen LogP contribution in [0.3, 0.4) is 0 Å². The lowest BCUT2D eigenvalue weighted by molar-refractivity contribution is 0.0472. The summed E-state index contributed by atoms with van der Waals surface area (Å²) in [5.74, 6) is 1.94. The molecule has 1 aromatic rings. The summed E-state index contributed by atoms with van der Waals surface area (Å²) in [4.78, 5) is 0. The molecule has 1 aromatic carbocycles. The van der Waals surface area contributed by atoms with Crippen molar-refractivity contribution in [3.8, 4) is 0 Å². The van der Waals surface area contributed by atoms with Crippen LogP contribution in [-0.4, -0.2) is 36.8 Å². The van der Waals surface area contributed by atoms with Gasteiger partial charge in [0.15, 0.2) is 0 Å². The summed E-state index contributed by atoms with van der Waals surface area (Å²) in [5, 5.41) is 3.55. The molecule has 1 aliphatic rings. The van der Waals surface area contributed by atoms with Gasteiger partial charge >= 0.3 is 0 Å². The van der Waals surface area contributed by atoms with Gasteiger partial charge in [0.05, 0.1) is 12.7 Å². The highest BCUT2D eigenvalue weighted by Crippen LogP contribution is 2.18. The maximum atomic E-state index is 13.3. The molecule has 0 saturated carbocycles. The molecule has 0 aromatic heterocycles. The molecule has 2 rings (SSSR count). The number of thioether (sulfide) groups is 1. The van der Waals surface area contributed by atoms with Gasteiger partial charge in [-0.3, -0.25) is 0 Å². The van der Waals surface area contributed by atoms with Crippen LogP contribution in [0.25, 0.3) is 0 Å². The Kier molecular flexibility index (Phi) is 6.14. The Morgan fingerprint density at radius 2 is 2.42 bits per heavy atom. The fourth-order valence-corrected chi connectivity index (χ4v) is 3.26.